The molecule has 2 aliphatic carbocycles. The summed E-state index contributed by atoms with van der Waals surface area (Å²) in [4.78, 5) is 4.37. The van der Waals surface area contributed by atoms with Gasteiger partial charge in [0.2, 0.25) is 0 Å². The van der Waals surface area contributed by atoms with Crippen molar-refractivity contribution < 1.29 is 0 Å². The van der Waals surface area contributed by atoms with Gasteiger partial charge in [0.25, 0.3) is 0 Å². The zero-order chi connectivity index (χ0) is 29.1. The predicted molar refractivity (Wildman–Crippen MR) is 177 cm³/mol. The number of fused-ring (bicyclic) bond motifs is 3. The molecule has 0 unspecified atom stereocenters. The summed E-state index contributed by atoms with van der Waals surface area (Å²) >= 11 is 0. The minimum atomic E-state index is -0.411. The molecule has 0 fully saturated rings. The standard InChI is InChI=1S/C39H42N2/c1-25-21-29-24-37-36(35(29)22-26(25)2)23-27(3)28(4)38(37)39(30-11-9-10-12-30,31-13-17-33(18-14-31)40(5)6)32-15-19-34(20-16-32)41(7)8/h9-11,13-23H,12,24H2,1-8H3. The number of aryl methyl sites for hydroxylation is 3. The van der Waals surface area contributed by atoms with E-state index in [1.54, 1.807) is 0 Å². The van der Waals surface area contributed by atoms with Crippen LogP contribution in [0.25, 0.3) is 11.1 Å². The van der Waals surface area contributed by atoms with Crippen LogP contribution in [0, 0.1) is 27.7 Å². The summed E-state index contributed by atoms with van der Waals surface area (Å²) in [6.45, 7) is 9.14. The van der Waals surface area contributed by atoms with Crippen molar-refractivity contribution in [2.75, 3.05) is 38.0 Å². The first-order chi connectivity index (χ1) is 19.6. The summed E-state index contributed by atoms with van der Waals surface area (Å²) < 4.78 is 0. The second-order valence-electron chi connectivity index (χ2n) is 12.4. The van der Waals surface area contributed by atoms with Gasteiger partial charge in [-0.15, -0.1) is 0 Å². The van der Waals surface area contributed by atoms with Crippen LogP contribution in [0.2, 0.25) is 0 Å². The summed E-state index contributed by atoms with van der Waals surface area (Å²) in [5.41, 5.74) is 18.8. The molecule has 6 rings (SSSR count). The molecule has 0 bridgehead atoms. The maximum Gasteiger partial charge on any atom is 0.0673 e. The predicted octanol–water partition coefficient (Wildman–Crippen LogP) is 8.84. The molecule has 2 nitrogen and oxygen atoms in total. The Morgan fingerprint density at radius 1 is 0.634 bits per heavy atom. The first-order valence-electron chi connectivity index (χ1n) is 14.8. The summed E-state index contributed by atoms with van der Waals surface area (Å²) in [5, 5.41) is 0. The van der Waals surface area contributed by atoms with Crippen LogP contribution in [-0.2, 0) is 11.8 Å². The number of hydrogen-bond acceptors (Lipinski definition) is 2. The van der Waals surface area contributed by atoms with Crippen molar-refractivity contribution in [2.45, 2.75) is 46.0 Å². The molecule has 2 heteroatoms. The van der Waals surface area contributed by atoms with Gasteiger partial charge in [-0.05, 0) is 132 Å². The average molecular weight is 539 g/mol. The lowest BCUT2D eigenvalue weighted by Gasteiger charge is -2.41. The van der Waals surface area contributed by atoms with Crippen LogP contribution in [0.3, 0.4) is 0 Å². The third kappa shape index (κ3) is 4.23. The zero-order valence-electron chi connectivity index (χ0n) is 25.9. The fraction of sp³-hybridized carbons (Fsp3) is 0.282. The van der Waals surface area contributed by atoms with Crippen LogP contribution >= 0.6 is 0 Å². The van der Waals surface area contributed by atoms with E-state index in [0.29, 0.717) is 0 Å². The maximum absolute atomic E-state index is 2.45. The fourth-order valence-corrected chi connectivity index (χ4v) is 7.10. The Hall–Kier alpha value is -4.04. The summed E-state index contributed by atoms with van der Waals surface area (Å²) in [7, 11) is 8.46. The van der Waals surface area contributed by atoms with Gasteiger partial charge < -0.3 is 9.80 Å². The molecular weight excluding hydrogens is 496 g/mol. The Labute approximate surface area is 246 Å². The van der Waals surface area contributed by atoms with E-state index in [1.165, 1.54) is 78.1 Å². The molecule has 0 spiro atoms. The van der Waals surface area contributed by atoms with Crippen LogP contribution in [-0.4, -0.2) is 28.2 Å². The van der Waals surface area contributed by atoms with Gasteiger partial charge in [-0.2, -0.15) is 0 Å². The van der Waals surface area contributed by atoms with E-state index in [4.69, 9.17) is 0 Å². The van der Waals surface area contributed by atoms with Gasteiger partial charge in [0.15, 0.2) is 0 Å². The Morgan fingerprint density at radius 3 is 1.68 bits per heavy atom. The number of rotatable bonds is 6. The van der Waals surface area contributed by atoms with E-state index >= 15 is 0 Å². The number of hydrogen-bond donors (Lipinski definition) is 0. The van der Waals surface area contributed by atoms with Crippen molar-refractivity contribution in [1.29, 1.82) is 0 Å². The van der Waals surface area contributed by atoms with Gasteiger partial charge in [-0.25, -0.2) is 0 Å². The zero-order valence-corrected chi connectivity index (χ0v) is 25.9. The number of anilines is 2. The average Bonchev–Trinajstić information content (AvgIpc) is 3.61. The first kappa shape index (κ1) is 27.1. The third-order valence-corrected chi connectivity index (χ3v) is 9.59. The van der Waals surface area contributed by atoms with Gasteiger partial charge >= 0.3 is 0 Å². The van der Waals surface area contributed by atoms with Crippen molar-refractivity contribution in [1.82, 2.24) is 0 Å². The monoisotopic (exact) mass is 538 g/mol. The Morgan fingerprint density at radius 2 is 1.17 bits per heavy atom. The topological polar surface area (TPSA) is 6.48 Å². The molecule has 208 valence electrons. The number of nitrogens with zero attached hydrogens (tertiary/aromatic N) is 2. The maximum atomic E-state index is 2.45. The molecular formula is C39H42N2. The molecule has 0 amide bonds. The molecule has 2 aliphatic rings. The lowest BCUT2D eigenvalue weighted by Crippen LogP contribution is -2.34. The van der Waals surface area contributed by atoms with Gasteiger partial charge in [-0.3, -0.25) is 0 Å². The highest BCUT2D eigenvalue weighted by atomic mass is 15.1. The lowest BCUT2D eigenvalue weighted by molar-refractivity contribution is 0.697. The Kier molecular flexibility index (Phi) is 6.69. The second kappa shape index (κ2) is 10.1. The lowest BCUT2D eigenvalue weighted by atomic mass is 9.61. The third-order valence-electron chi connectivity index (χ3n) is 9.59. The van der Waals surface area contributed by atoms with Gasteiger partial charge in [-0.1, -0.05) is 60.7 Å². The normalized spacial score (nSPS) is 13.7. The Bertz CT molecular complexity index is 1650. The number of benzene rings is 4. The SMILES string of the molecule is Cc1cc2c(cc1C)-c1cc(C)c(C)c(C(C3=CC=CC3)(c3ccc(N(C)C)cc3)c3ccc(N(C)C)cc3)c1C2. The fourth-order valence-electron chi connectivity index (χ4n) is 7.10. The largest absolute Gasteiger partial charge is 0.378 e. The van der Waals surface area contributed by atoms with Crippen LogP contribution in [0.15, 0.2) is 90.5 Å². The molecule has 0 heterocycles. The van der Waals surface area contributed by atoms with Crippen molar-refractivity contribution in [2.24, 2.45) is 0 Å². The first-order valence-corrected chi connectivity index (χ1v) is 14.8. The minimum Gasteiger partial charge on any atom is -0.378 e. The minimum absolute atomic E-state index is 0.411. The van der Waals surface area contributed by atoms with E-state index in [1.807, 2.05) is 0 Å². The summed E-state index contributed by atoms with van der Waals surface area (Å²) in [5.74, 6) is 0. The van der Waals surface area contributed by atoms with Crippen LogP contribution in [0.5, 0.6) is 0 Å². The molecule has 41 heavy (non-hydrogen) atoms. The molecule has 0 aromatic heterocycles. The molecule has 0 N–H and O–H groups in total. The van der Waals surface area contributed by atoms with E-state index in [-0.39, 0.29) is 0 Å². The van der Waals surface area contributed by atoms with Gasteiger partial charge in [0.1, 0.15) is 0 Å². The smallest absolute Gasteiger partial charge is 0.0673 e. The second-order valence-corrected chi connectivity index (χ2v) is 12.4. The highest BCUT2D eigenvalue weighted by molar-refractivity contribution is 5.83. The van der Waals surface area contributed by atoms with Crippen LogP contribution in [0.1, 0.15) is 56.5 Å². The van der Waals surface area contributed by atoms with Crippen molar-refractivity contribution in [3.05, 3.63) is 141 Å². The Balaban J connectivity index is 1.73. The van der Waals surface area contributed by atoms with E-state index < -0.39 is 5.41 Å². The van der Waals surface area contributed by atoms with E-state index in [0.717, 1.165) is 12.8 Å². The van der Waals surface area contributed by atoms with Gasteiger partial charge in [0, 0.05) is 39.6 Å². The van der Waals surface area contributed by atoms with Crippen LogP contribution in [0.4, 0.5) is 11.4 Å². The highest BCUT2D eigenvalue weighted by Crippen LogP contribution is 2.54. The van der Waals surface area contributed by atoms with Crippen molar-refractivity contribution >= 4 is 11.4 Å². The van der Waals surface area contributed by atoms with Crippen molar-refractivity contribution in [3.63, 3.8) is 0 Å². The molecule has 0 saturated heterocycles. The van der Waals surface area contributed by atoms with Gasteiger partial charge in [0.05, 0.1) is 5.41 Å². The van der Waals surface area contributed by atoms with Crippen molar-refractivity contribution in [3.8, 4) is 11.1 Å². The molecule has 0 saturated carbocycles. The highest BCUT2D eigenvalue weighted by Gasteiger charge is 2.44. The van der Waals surface area contributed by atoms with Crippen LogP contribution < -0.4 is 9.80 Å². The molecule has 4 aromatic rings. The quantitative estimate of drug-likeness (QED) is 0.199. The van der Waals surface area contributed by atoms with E-state index in [9.17, 15) is 0 Å². The van der Waals surface area contributed by atoms with E-state index in [2.05, 4.69) is 151 Å². The molecule has 0 aliphatic heterocycles. The molecule has 4 aromatic carbocycles. The summed E-state index contributed by atoms with van der Waals surface area (Å²) in [6.07, 6.45) is 8.86. The summed E-state index contributed by atoms with van der Waals surface area (Å²) in [6, 6.07) is 25.9. The molecule has 0 atom stereocenters. The number of allylic oxidation sites excluding steroid dienone is 4. The molecule has 0 radical (unpaired) electrons.